The predicted molar refractivity (Wildman–Crippen MR) is 111 cm³/mol. The van der Waals surface area contributed by atoms with Crippen molar-refractivity contribution < 1.29 is 10.2 Å². The number of hydrogen-bond donors (Lipinski definition) is 2. The zero-order valence-corrected chi connectivity index (χ0v) is 17.5. The van der Waals surface area contributed by atoms with Gasteiger partial charge in [0, 0.05) is 17.0 Å². The van der Waals surface area contributed by atoms with E-state index in [-0.39, 0.29) is 18.1 Å². The van der Waals surface area contributed by atoms with Gasteiger partial charge in [-0.3, -0.25) is 0 Å². The highest BCUT2D eigenvalue weighted by molar-refractivity contribution is 6.31. The van der Waals surface area contributed by atoms with Crippen LogP contribution < -0.4 is 4.90 Å². The quantitative estimate of drug-likeness (QED) is 0.672. The second kappa shape index (κ2) is 7.51. The van der Waals surface area contributed by atoms with Crippen LogP contribution in [0.4, 0.5) is 5.82 Å². The average molecular weight is 417 g/mol. The van der Waals surface area contributed by atoms with Crippen molar-refractivity contribution in [2.45, 2.75) is 51.3 Å². The van der Waals surface area contributed by atoms with Gasteiger partial charge in [0.05, 0.1) is 25.3 Å². The Balaban J connectivity index is 1.86. The number of hydrogen-bond acceptors (Lipinski definition) is 7. The topological polar surface area (TPSA) is 100 Å². The maximum absolute atomic E-state index is 10.1. The van der Waals surface area contributed by atoms with E-state index >= 15 is 0 Å². The lowest BCUT2D eigenvalue weighted by molar-refractivity contribution is 0.184. The van der Waals surface area contributed by atoms with Gasteiger partial charge in [0.1, 0.15) is 5.82 Å². The van der Waals surface area contributed by atoms with Crippen molar-refractivity contribution in [1.82, 2.24) is 25.0 Å². The zero-order valence-electron chi connectivity index (χ0n) is 16.7. The first kappa shape index (κ1) is 20.0. The van der Waals surface area contributed by atoms with Gasteiger partial charge in [-0.25, -0.2) is 14.6 Å². The van der Waals surface area contributed by atoms with E-state index in [9.17, 15) is 10.2 Å². The van der Waals surface area contributed by atoms with Gasteiger partial charge in [-0.05, 0) is 18.1 Å². The van der Waals surface area contributed by atoms with Gasteiger partial charge >= 0.3 is 0 Å². The van der Waals surface area contributed by atoms with E-state index in [4.69, 9.17) is 21.6 Å². The second-order valence-electron chi connectivity index (χ2n) is 8.51. The Labute approximate surface area is 174 Å². The molecule has 1 fully saturated rings. The van der Waals surface area contributed by atoms with E-state index < -0.39 is 6.10 Å². The number of fused-ring (bicyclic) bond motifs is 1. The van der Waals surface area contributed by atoms with E-state index in [1.165, 1.54) is 0 Å². The monoisotopic (exact) mass is 416 g/mol. The molecule has 1 aliphatic rings. The Morgan fingerprint density at radius 3 is 2.66 bits per heavy atom. The summed E-state index contributed by atoms with van der Waals surface area (Å²) in [4.78, 5) is 11.5. The van der Waals surface area contributed by atoms with Crippen LogP contribution in [-0.4, -0.2) is 60.5 Å². The molecule has 0 spiro atoms. The normalized spacial score (nSPS) is 20.0. The first-order valence-electron chi connectivity index (χ1n) is 9.68. The van der Waals surface area contributed by atoms with Crippen LogP contribution in [0.1, 0.15) is 38.6 Å². The van der Waals surface area contributed by atoms with E-state index in [0.717, 1.165) is 5.56 Å². The van der Waals surface area contributed by atoms with Crippen LogP contribution in [-0.2, 0) is 12.0 Å². The van der Waals surface area contributed by atoms with Crippen molar-refractivity contribution in [1.29, 1.82) is 0 Å². The molecule has 2 atom stereocenters. The molecule has 29 heavy (non-hydrogen) atoms. The van der Waals surface area contributed by atoms with Crippen molar-refractivity contribution in [3.8, 4) is 0 Å². The molecule has 0 bridgehead atoms. The summed E-state index contributed by atoms with van der Waals surface area (Å²) >= 11 is 6.33. The van der Waals surface area contributed by atoms with Crippen LogP contribution >= 0.6 is 11.6 Å². The summed E-state index contributed by atoms with van der Waals surface area (Å²) in [7, 11) is 0. The highest BCUT2D eigenvalue weighted by Crippen LogP contribution is 2.32. The minimum absolute atomic E-state index is 0.0683. The van der Waals surface area contributed by atoms with Crippen molar-refractivity contribution in [2.75, 3.05) is 18.1 Å². The van der Waals surface area contributed by atoms with Gasteiger partial charge in [0.25, 0.3) is 0 Å². The van der Waals surface area contributed by atoms with Crippen molar-refractivity contribution in [3.63, 3.8) is 0 Å². The number of halogens is 1. The maximum Gasteiger partial charge on any atom is 0.184 e. The smallest absolute Gasteiger partial charge is 0.184 e. The zero-order chi connectivity index (χ0) is 20.8. The van der Waals surface area contributed by atoms with Crippen molar-refractivity contribution >= 4 is 28.6 Å². The van der Waals surface area contributed by atoms with Crippen LogP contribution in [0.5, 0.6) is 0 Å². The minimum Gasteiger partial charge on any atom is -0.394 e. The fraction of sp³-hybridized carbons (Fsp3) is 0.500. The van der Waals surface area contributed by atoms with Gasteiger partial charge in [0.2, 0.25) is 0 Å². The molecular weight excluding hydrogens is 392 g/mol. The lowest BCUT2D eigenvalue weighted by Crippen LogP contribution is -2.34. The van der Waals surface area contributed by atoms with Crippen LogP contribution in [0, 0.1) is 0 Å². The Morgan fingerprint density at radius 1 is 1.21 bits per heavy atom. The number of rotatable bonds is 4. The molecule has 2 aromatic heterocycles. The molecule has 4 rings (SSSR count). The highest BCUT2D eigenvalue weighted by atomic mass is 35.5. The van der Waals surface area contributed by atoms with Gasteiger partial charge in [0.15, 0.2) is 17.0 Å². The van der Waals surface area contributed by atoms with Gasteiger partial charge < -0.3 is 15.1 Å². The minimum atomic E-state index is -0.520. The predicted octanol–water partition coefficient (Wildman–Crippen LogP) is 2.15. The van der Waals surface area contributed by atoms with E-state index in [0.29, 0.717) is 47.3 Å². The first-order valence-corrected chi connectivity index (χ1v) is 10.1. The molecule has 1 saturated heterocycles. The molecule has 0 saturated carbocycles. The number of anilines is 1. The fourth-order valence-corrected chi connectivity index (χ4v) is 3.79. The average Bonchev–Trinajstić information content (AvgIpc) is 3.25. The van der Waals surface area contributed by atoms with Gasteiger partial charge in [-0.15, -0.1) is 5.10 Å². The second-order valence-corrected chi connectivity index (χ2v) is 8.92. The summed E-state index contributed by atoms with van der Waals surface area (Å²) in [5, 5.41) is 29.3. The van der Waals surface area contributed by atoms with E-state index in [1.54, 1.807) is 4.68 Å². The number of benzene rings is 1. The SMILES string of the molecule is CC(C)(C)c1nc(N2C[C@H](O)C[C@@H]2CO)c2nnn(Cc3ccccc3Cl)c2n1. The van der Waals surface area contributed by atoms with Crippen LogP contribution in [0.2, 0.25) is 5.02 Å². The number of nitrogens with zero attached hydrogens (tertiary/aromatic N) is 6. The lowest BCUT2D eigenvalue weighted by Gasteiger charge is -2.26. The third-order valence-corrected chi connectivity index (χ3v) is 5.54. The summed E-state index contributed by atoms with van der Waals surface area (Å²) in [5.41, 5.74) is 1.79. The molecule has 0 unspecified atom stereocenters. The molecule has 8 nitrogen and oxygen atoms in total. The highest BCUT2D eigenvalue weighted by Gasteiger charge is 2.34. The van der Waals surface area contributed by atoms with Gasteiger partial charge in [-0.2, -0.15) is 0 Å². The largest absolute Gasteiger partial charge is 0.394 e. The standard InChI is InChI=1S/C20H25ClN6O2/c1-20(2,3)19-22-17(26-10-14(29)8-13(26)11-28)16-18(23-19)27(25-24-16)9-12-6-4-5-7-15(12)21/h4-7,13-14,28-29H,8-11H2,1-3H3/t13-,14-/m1/s1. The number of β-amino-alcohol motifs (C(OH)–C–C–N with tert-alkyl or cyclic N) is 1. The molecule has 3 heterocycles. The number of aliphatic hydroxyl groups is 2. The third kappa shape index (κ3) is 3.80. The summed E-state index contributed by atoms with van der Waals surface area (Å²) in [6.07, 6.45) is -0.0333. The van der Waals surface area contributed by atoms with Crippen LogP contribution in [0.15, 0.2) is 24.3 Å². The summed E-state index contributed by atoms with van der Waals surface area (Å²) in [6.45, 7) is 6.88. The van der Waals surface area contributed by atoms with Crippen LogP contribution in [0.3, 0.4) is 0 Å². The van der Waals surface area contributed by atoms with Gasteiger partial charge in [-0.1, -0.05) is 55.8 Å². The van der Waals surface area contributed by atoms with E-state index in [2.05, 4.69) is 10.3 Å². The molecule has 3 aromatic rings. The van der Waals surface area contributed by atoms with Crippen molar-refractivity contribution in [2.24, 2.45) is 0 Å². The number of aromatic nitrogens is 5. The van der Waals surface area contributed by atoms with Crippen LogP contribution in [0.25, 0.3) is 11.2 Å². The molecule has 0 aliphatic carbocycles. The molecule has 0 radical (unpaired) electrons. The Kier molecular flexibility index (Phi) is 5.18. The fourth-order valence-electron chi connectivity index (χ4n) is 3.60. The molecule has 1 aromatic carbocycles. The molecular formula is C20H25ClN6O2. The van der Waals surface area contributed by atoms with E-state index in [1.807, 2.05) is 49.9 Å². The first-order chi connectivity index (χ1) is 13.8. The number of aliphatic hydroxyl groups excluding tert-OH is 2. The molecule has 1 aliphatic heterocycles. The Morgan fingerprint density at radius 2 is 1.97 bits per heavy atom. The molecule has 154 valence electrons. The Hall–Kier alpha value is -2.29. The summed E-state index contributed by atoms with van der Waals surface area (Å²) < 4.78 is 1.72. The van der Waals surface area contributed by atoms with Crippen molar-refractivity contribution in [3.05, 3.63) is 40.7 Å². The maximum atomic E-state index is 10.1. The summed E-state index contributed by atoms with van der Waals surface area (Å²) in [5.74, 6) is 1.25. The summed E-state index contributed by atoms with van der Waals surface area (Å²) in [6, 6.07) is 7.38. The lowest BCUT2D eigenvalue weighted by atomic mass is 9.95. The molecule has 9 heteroatoms. The Bertz CT molecular complexity index is 1030. The molecule has 2 N–H and O–H groups in total. The molecule has 0 amide bonds. The third-order valence-electron chi connectivity index (χ3n) is 5.17.